The lowest BCUT2D eigenvalue weighted by Gasteiger charge is -2.27. The van der Waals surface area contributed by atoms with Gasteiger partial charge < -0.3 is 20.8 Å². The van der Waals surface area contributed by atoms with Gasteiger partial charge in [0.1, 0.15) is 6.04 Å². The first kappa shape index (κ1) is 30.7. The Morgan fingerprint density at radius 2 is 1.69 bits per heavy atom. The van der Waals surface area contributed by atoms with Crippen molar-refractivity contribution in [1.82, 2.24) is 20.9 Å². The van der Waals surface area contributed by atoms with Crippen molar-refractivity contribution in [2.45, 2.75) is 75.6 Å². The summed E-state index contributed by atoms with van der Waals surface area (Å²) in [5.74, 6) is -2.20. The highest BCUT2D eigenvalue weighted by Gasteiger charge is 2.33. The Balaban J connectivity index is 2.50. The molecule has 0 spiro atoms. The van der Waals surface area contributed by atoms with Crippen LogP contribution in [0.4, 0.5) is 0 Å². The number of unbranched alkanes of at least 4 members (excludes halogenated alkanes) is 2. The number of nitrogens with zero attached hydrogens (tertiary/aromatic N) is 1. The van der Waals surface area contributed by atoms with Crippen molar-refractivity contribution in [2.75, 3.05) is 19.7 Å². The van der Waals surface area contributed by atoms with Crippen molar-refractivity contribution in [3.05, 3.63) is 12.2 Å². The first-order chi connectivity index (χ1) is 16.4. The summed E-state index contributed by atoms with van der Waals surface area (Å²) in [4.78, 5) is 61.7. The molecule has 1 aliphatic heterocycles. The van der Waals surface area contributed by atoms with Crippen molar-refractivity contribution >= 4 is 42.0 Å². The predicted octanol–water partition coefficient (Wildman–Crippen LogP) is -1.68. The van der Waals surface area contributed by atoms with Crippen LogP contribution in [0, 0.1) is 0 Å². The third-order valence-electron chi connectivity index (χ3n) is 5.28. The first-order valence-electron chi connectivity index (χ1n) is 11.5. The van der Waals surface area contributed by atoms with Crippen LogP contribution < -0.4 is 21.7 Å². The van der Waals surface area contributed by atoms with Gasteiger partial charge in [-0.1, -0.05) is 6.42 Å². The van der Waals surface area contributed by atoms with Crippen LogP contribution in [-0.4, -0.2) is 87.4 Å². The van der Waals surface area contributed by atoms with Crippen LogP contribution in [0.5, 0.6) is 0 Å². The van der Waals surface area contributed by atoms with Gasteiger partial charge in [0.15, 0.2) is 12.1 Å². The van der Waals surface area contributed by atoms with E-state index in [1.807, 2.05) is 0 Å². The molecule has 198 valence electrons. The minimum atomic E-state index is -1.24. The van der Waals surface area contributed by atoms with Crippen LogP contribution in [0.15, 0.2) is 12.2 Å². The minimum absolute atomic E-state index is 0.0863. The Labute approximate surface area is 210 Å². The molecule has 13 heteroatoms. The minimum Gasteiger partial charge on any atom is -0.394 e. The molecule has 35 heavy (non-hydrogen) atoms. The molecule has 0 fully saturated rings. The van der Waals surface area contributed by atoms with E-state index in [4.69, 9.17) is 10.8 Å². The number of carbonyl (C=O) groups is 5. The zero-order chi connectivity index (χ0) is 26.6. The number of thiol groups is 1. The predicted molar refractivity (Wildman–Crippen MR) is 131 cm³/mol. The fourth-order valence-electron chi connectivity index (χ4n) is 3.37. The summed E-state index contributed by atoms with van der Waals surface area (Å²) in [7, 11) is 0. The molecule has 7 N–H and O–H groups in total. The molecule has 1 rings (SSSR count). The van der Waals surface area contributed by atoms with Crippen LogP contribution in [-0.2, 0) is 24.0 Å². The second-order valence-electron chi connectivity index (χ2n) is 8.80. The van der Waals surface area contributed by atoms with E-state index in [-0.39, 0.29) is 37.0 Å². The van der Waals surface area contributed by atoms with Gasteiger partial charge in [-0.15, -0.1) is 0 Å². The van der Waals surface area contributed by atoms with E-state index >= 15 is 0 Å². The molecule has 1 unspecified atom stereocenters. The van der Waals surface area contributed by atoms with Crippen LogP contribution in [0.3, 0.4) is 0 Å². The number of nitrogens with one attached hydrogen (secondary N) is 3. The molecule has 0 saturated carbocycles. The lowest BCUT2D eigenvalue weighted by molar-refractivity contribution is -0.137. The second kappa shape index (κ2) is 14.9. The smallest absolute Gasteiger partial charge is 0.253 e. The fourth-order valence-corrected chi connectivity index (χ4v) is 3.52. The summed E-state index contributed by atoms with van der Waals surface area (Å²) in [5.41, 5.74) is 5.21. The Kier molecular flexibility index (Phi) is 13.1. The molecule has 12 nitrogen and oxygen atoms in total. The Morgan fingerprint density at radius 1 is 1.06 bits per heavy atom. The monoisotopic (exact) mass is 515 g/mol. The highest BCUT2D eigenvalue weighted by molar-refractivity contribution is 7.82. The number of carbonyl (C=O) groups excluding carboxylic acids is 5. The molecule has 0 bridgehead atoms. The Hall–Kier alpha value is -2.32. The maximum absolute atomic E-state index is 12.7. The molecule has 1 aliphatic rings. The standard InChI is InChI=1S/C22H37N5O7S/c1-22(2,35)19(32)14(7-6-11-24-21(23)34)26-20(33)15(13-28)25-16(29)8-4-3-5-12-27-17(30)9-10-18(27)31/h9-10,14-15,21,24,28,34-35H,3-8,11-13,23H2,1-2H3,(H,25,29)(H,26,33)/t14-,15-,21?/m0/s1. The molecule has 0 aliphatic carbocycles. The Bertz CT molecular complexity index is 780. The third-order valence-corrected chi connectivity index (χ3v) is 5.50. The Morgan fingerprint density at radius 3 is 2.23 bits per heavy atom. The van der Waals surface area contributed by atoms with E-state index in [1.165, 1.54) is 12.2 Å². The van der Waals surface area contributed by atoms with Gasteiger partial charge >= 0.3 is 0 Å². The normalized spacial score (nSPS) is 16.2. The van der Waals surface area contributed by atoms with Gasteiger partial charge in [-0.25, -0.2) is 0 Å². The lowest BCUT2D eigenvalue weighted by atomic mass is 9.96. The molecule has 0 aromatic heterocycles. The number of aliphatic hydroxyl groups excluding tert-OH is 2. The highest BCUT2D eigenvalue weighted by atomic mass is 32.1. The molecule has 3 atom stereocenters. The number of amides is 4. The molecule has 0 aromatic rings. The van der Waals surface area contributed by atoms with E-state index in [0.717, 1.165) is 4.90 Å². The van der Waals surface area contributed by atoms with Crippen molar-refractivity contribution in [2.24, 2.45) is 5.73 Å². The van der Waals surface area contributed by atoms with Gasteiger partial charge in [-0.3, -0.25) is 39.9 Å². The summed E-state index contributed by atoms with van der Waals surface area (Å²) < 4.78 is -1.03. The van der Waals surface area contributed by atoms with Gasteiger partial charge in [0.2, 0.25) is 11.8 Å². The van der Waals surface area contributed by atoms with Gasteiger partial charge in [0.25, 0.3) is 11.8 Å². The summed E-state index contributed by atoms with van der Waals surface area (Å²) in [6.45, 7) is 3.11. The number of imide groups is 1. The fraction of sp³-hybridized carbons (Fsp3) is 0.682. The van der Waals surface area contributed by atoms with Gasteiger partial charge in [0, 0.05) is 25.1 Å². The molecule has 1 heterocycles. The van der Waals surface area contributed by atoms with Crippen molar-refractivity contribution in [1.29, 1.82) is 0 Å². The van der Waals surface area contributed by atoms with Crippen LogP contribution >= 0.6 is 12.6 Å². The van der Waals surface area contributed by atoms with E-state index < -0.39 is 41.6 Å². The zero-order valence-electron chi connectivity index (χ0n) is 20.2. The number of hydrogen-bond acceptors (Lipinski definition) is 10. The van der Waals surface area contributed by atoms with Crippen LogP contribution in [0.1, 0.15) is 52.4 Å². The lowest BCUT2D eigenvalue weighted by Crippen LogP contribution is -2.55. The molecular formula is C22H37N5O7S. The number of aliphatic hydroxyl groups is 2. The molecule has 0 saturated heterocycles. The average molecular weight is 516 g/mol. The topological polar surface area (TPSA) is 191 Å². The highest BCUT2D eigenvalue weighted by Crippen LogP contribution is 2.18. The van der Waals surface area contributed by atoms with Crippen molar-refractivity contribution in [3.63, 3.8) is 0 Å². The number of ketones is 1. The van der Waals surface area contributed by atoms with Gasteiger partial charge in [0.05, 0.1) is 17.4 Å². The quantitative estimate of drug-likeness (QED) is 0.0513. The molecule has 0 radical (unpaired) electrons. The largest absolute Gasteiger partial charge is 0.394 e. The summed E-state index contributed by atoms with van der Waals surface area (Å²) >= 11 is 4.27. The molecular weight excluding hydrogens is 478 g/mol. The number of hydrogen-bond donors (Lipinski definition) is 7. The summed E-state index contributed by atoms with van der Waals surface area (Å²) in [6.07, 6.45) is 3.55. The van der Waals surface area contributed by atoms with Gasteiger partial charge in [-0.05, 0) is 46.1 Å². The maximum Gasteiger partial charge on any atom is 0.253 e. The van der Waals surface area contributed by atoms with Gasteiger partial charge in [-0.2, -0.15) is 12.6 Å². The van der Waals surface area contributed by atoms with E-state index in [2.05, 4.69) is 28.6 Å². The second-order valence-corrected chi connectivity index (χ2v) is 9.92. The maximum atomic E-state index is 12.7. The van der Waals surface area contributed by atoms with Crippen LogP contribution in [0.2, 0.25) is 0 Å². The SMILES string of the molecule is CC(C)(S)C(=O)[C@H](CCCNC(N)O)NC(=O)[C@H](CO)NC(=O)CCCCCN1C(=O)C=CC1=O. The zero-order valence-corrected chi connectivity index (χ0v) is 21.1. The van der Waals surface area contributed by atoms with E-state index in [0.29, 0.717) is 32.2 Å². The first-order valence-corrected chi connectivity index (χ1v) is 12.0. The summed E-state index contributed by atoms with van der Waals surface area (Å²) in [5, 5.41) is 26.3. The third kappa shape index (κ3) is 11.3. The van der Waals surface area contributed by atoms with E-state index in [9.17, 15) is 29.1 Å². The van der Waals surface area contributed by atoms with Crippen LogP contribution in [0.25, 0.3) is 0 Å². The van der Waals surface area contributed by atoms with E-state index in [1.54, 1.807) is 13.8 Å². The van der Waals surface area contributed by atoms with Crippen molar-refractivity contribution < 1.29 is 34.2 Å². The molecule has 0 aromatic carbocycles. The summed E-state index contributed by atoms with van der Waals surface area (Å²) in [6, 6.07) is -2.15. The number of rotatable bonds is 17. The number of Topliss-reactive ketones (excluding diaryl/α,β-unsaturated/α-hetero) is 1. The average Bonchev–Trinajstić information content (AvgIpc) is 3.09. The number of nitrogens with two attached hydrogens (primary N) is 1. The van der Waals surface area contributed by atoms with Crippen molar-refractivity contribution in [3.8, 4) is 0 Å². The molecule has 4 amide bonds.